The summed E-state index contributed by atoms with van der Waals surface area (Å²) in [7, 11) is 0. The van der Waals surface area contributed by atoms with E-state index in [-0.39, 0.29) is 0 Å². The lowest BCUT2D eigenvalue weighted by Gasteiger charge is -2.28. The van der Waals surface area contributed by atoms with Crippen molar-refractivity contribution in [2.45, 2.75) is 27.7 Å². The van der Waals surface area contributed by atoms with E-state index in [9.17, 15) is 0 Å². The fourth-order valence-electron chi connectivity index (χ4n) is 1.92. The van der Waals surface area contributed by atoms with Gasteiger partial charge in [0.2, 0.25) is 0 Å². The smallest absolute Gasteiger partial charge is 0.0951 e. The van der Waals surface area contributed by atoms with Crippen molar-refractivity contribution in [2.75, 3.05) is 17.6 Å². The molecule has 1 unspecified atom stereocenters. The van der Waals surface area contributed by atoms with Crippen LogP contribution in [0.5, 0.6) is 0 Å². The summed E-state index contributed by atoms with van der Waals surface area (Å²) < 4.78 is 0. The zero-order valence-corrected chi connectivity index (χ0v) is 12.2. The highest BCUT2D eigenvalue weighted by atomic mass is 14.9. The van der Waals surface area contributed by atoms with E-state index < -0.39 is 0 Å². The number of hydrogen-bond acceptors (Lipinski definition) is 3. The molecule has 19 heavy (non-hydrogen) atoms. The number of nitrogens with zero attached hydrogens (tertiary/aromatic N) is 1. The van der Waals surface area contributed by atoms with Crippen molar-refractivity contribution in [3.8, 4) is 0 Å². The molecule has 0 amide bonds. The summed E-state index contributed by atoms with van der Waals surface area (Å²) in [6.45, 7) is 10.0. The fraction of sp³-hybridized carbons (Fsp3) is 0.438. The molecule has 1 atom stereocenters. The summed E-state index contributed by atoms with van der Waals surface area (Å²) in [6.07, 6.45) is 1.81. The number of nitrogens with one attached hydrogen (secondary N) is 1. The molecule has 0 spiro atoms. The van der Waals surface area contributed by atoms with Crippen molar-refractivity contribution in [3.05, 3.63) is 30.5 Å². The summed E-state index contributed by atoms with van der Waals surface area (Å²) in [5.74, 6) is 0.580. The molecular weight excluding hydrogens is 234 g/mol. The number of nitrogen functional groups attached to an aromatic ring is 1. The molecule has 0 aliphatic carbocycles. The average molecular weight is 257 g/mol. The van der Waals surface area contributed by atoms with Gasteiger partial charge in [0.25, 0.3) is 0 Å². The molecule has 102 valence electrons. The second kappa shape index (κ2) is 5.08. The SMILES string of the molecule is CC(CNc1ccnc2c(N)cccc12)C(C)(C)C. The molecule has 2 aromatic rings. The van der Waals surface area contributed by atoms with Crippen LogP contribution in [0.3, 0.4) is 0 Å². The molecule has 3 N–H and O–H groups in total. The van der Waals surface area contributed by atoms with E-state index >= 15 is 0 Å². The van der Waals surface area contributed by atoms with Gasteiger partial charge in [-0.15, -0.1) is 0 Å². The largest absolute Gasteiger partial charge is 0.397 e. The fourth-order valence-corrected chi connectivity index (χ4v) is 1.92. The maximum Gasteiger partial charge on any atom is 0.0951 e. The predicted octanol–water partition coefficient (Wildman–Crippen LogP) is 3.91. The lowest BCUT2D eigenvalue weighted by atomic mass is 9.82. The molecule has 1 aromatic heterocycles. The first-order valence-corrected chi connectivity index (χ1v) is 6.76. The van der Waals surface area contributed by atoms with Crippen molar-refractivity contribution in [2.24, 2.45) is 11.3 Å². The van der Waals surface area contributed by atoms with Gasteiger partial charge < -0.3 is 11.1 Å². The number of rotatable bonds is 3. The van der Waals surface area contributed by atoms with Crippen LogP contribution in [-0.4, -0.2) is 11.5 Å². The molecule has 0 aliphatic rings. The first-order valence-electron chi connectivity index (χ1n) is 6.76. The van der Waals surface area contributed by atoms with Crippen LogP contribution < -0.4 is 11.1 Å². The van der Waals surface area contributed by atoms with Crippen LogP contribution in [0.4, 0.5) is 11.4 Å². The second-order valence-corrected chi connectivity index (χ2v) is 6.25. The van der Waals surface area contributed by atoms with Crippen molar-refractivity contribution in [1.82, 2.24) is 4.98 Å². The first kappa shape index (κ1) is 13.7. The van der Waals surface area contributed by atoms with Crippen LogP contribution in [0.15, 0.2) is 30.5 Å². The maximum atomic E-state index is 5.96. The Kier molecular flexibility index (Phi) is 3.65. The molecular formula is C16H23N3. The first-order chi connectivity index (χ1) is 8.89. The number of para-hydroxylation sites is 1. The normalized spacial score (nSPS) is 13.5. The minimum absolute atomic E-state index is 0.300. The highest BCUT2D eigenvalue weighted by Gasteiger charge is 2.19. The van der Waals surface area contributed by atoms with Crippen LogP contribution in [-0.2, 0) is 0 Å². The summed E-state index contributed by atoms with van der Waals surface area (Å²) in [5, 5.41) is 4.61. The minimum atomic E-state index is 0.300. The lowest BCUT2D eigenvalue weighted by molar-refractivity contribution is 0.274. The van der Waals surface area contributed by atoms with Gasteiger partial charge in [-0.1, -0.05) is 39.8 Å². The number of aromatic nitrogens is 1. The van der Waals surface area contributed by atoms with Crippen molar-refractivity contribution in [3.63, 3.8) is 0 Å². The van der Waals surface area contributed by atoms with Crippen molar-refractivity contribution in [1.29, 1.82) is 0 Å². The number of pyridine rings is 1. The Morgan fingerprint density at radius 3 is 2.68 bits per heavy atom. The van der Waals surface area contributed by atoms with Gasteiger partial charge in [0, 0.05) is 23.8 Å². The standard InChI is InChI=1S/C16H23N3/c1-11(16(2,3)4)10-19-14-8-9-18-15-12(14)6-5-7-13(15)17/h5-9,11H,10,17H2,1-4H3,(H,18,19). The third kappa shape index (κ3) is 2.98. The Bertz CT molecular complexity index is 570. The van der Waals surface area contributed by atoms with Gasteiger partial charge >= 0.3 is 0 Å². The minimum Gasteiger partial charge on any atom is -0.397 e. The lowest BCUT2D eigenvalue weighted by Crippen LogP contribution is -2.24. The van der Waals surface area contributed by atoms with Gasteiger partial charge in [-0.25, -0.2) is 0 Å². The molecule has 0 fully saturated rings. The molecule has 0 bridgehead atoms. The molecule has 1 aromatic carbocycles. The Hall–Kier alpha value is -1.77. The van der Waals surface area contributed by atoms with Gasteiger partial charge in [-0.2, -0.15) is 0 Å². The number of benzene rings is 1. The van der Waals surface area contributed by atoms with Crippen molar-refractivity contribution < 1.29 is 0 Å². The third-order valence-electron chi connectivity index (χ3n) is 3.88. The van der Waals surface area contributed by atoms with E-state index in [1.807, 2.05) is 24.4 Å². The van der Waals surface area contributed by atoms with Gasteiger partial charge in [-0.05, 0) is 23.5 Å². The van der Waals surface area contributed by atoms with Crippen LogP contribution in [0, 0.1) is 11.3 Å². The summed E-state index contributed by atoms with van der Waals surface area (Å²) in [5.41, 5.74) is 8.96. The number of nitrogens with two attached hydrogens (primary N) is 1. The van der Waals surface area contributed by atoms with Crippen LogP contribution >= 0.6 is 0 Å². The van der Waals surface area contributed by atoms with Gasteiger partial charge in [-0.3, -0.25) is 4.98 Å². The van der Waals surface area contributed by atoms with Gasteiger partial charge in [0.1, 0.15) is 0 Å². The third-order valence-corrected chi connectivity index (χ3v) is 3.88. The second-order valence-electron chi connectivity index (χ2n) is 6.25. The highest BCUT2D eigenvalue weighted by molar-refractivity contribution is 5.97. The topological polar surface area (TPSA) is 50.9 Å². The highest BCUT2D eigenvalue weighted by Crippen LogP contribution is 2.28. The van der Waals surface area contributed by atoms with E-state index in [0.717, 1.165) is 28.8 Å². The summed E-state index contributed by atoms with van der Waals surface area (Å²) in [4.78, 5) is 4.35. The molecule has 0 saturated carbocycles. The number of fused-ring (bicyclic) bond motifs is 1. The summed E-state index contributed by atoms with van der Waals surface area (Å²) in [6, 6.07) is 7.93. The molecule has 0 aliphatic heterocycles. The monoisotopic (exact) mass is 257 g/mol. The molecule has 1 heterocycles. The quantitative estimate of drug-likeness (QED) is 0.820. The van der Waals surface area contributed by atoms with E-state index in [0.29, 0.717) is 11.3 Å². The van der Waals surface area contributed by atoms with E-state index in [4.69, 9.17) is 5.73 Å². The molecule has 3 nitrogen and oxygen atoms in total. The number of anilines is 2. The molecule has 0 saturated heterocycles. The van der Waals surface area contributed by atoms with Gasteiger partial charge in [0.05, 0.1) is 11.2 Å². The maximum absolute atomic E-state index is 5.96. The Labute approximate surface area is 115 Å². The van der Waals surface area contributed by atoms with Crippen LogP contribution in [0.2, 0.25) is 0 Å². The zero-order chi connectivity index (χ0) is 14.0. The molecule has 0 radical (unpaired) electrons. The van der Waals surface area contributed by atoms with E-state index in [1.165, 1.54) is 0 Å². The van der Waals surface area contributed by atoms with E-state index in [1.54, 1.807) is 0 Å². The van der Waals surface area contributed by atoms with Crippen LogP contribution in [0.1, 0.15) is 27.7 Å². The number of hydrogen-bond donors (Lipinski definition) is 2. The summed E-state index contributed by atoms with van der Waals surface area (Å²) >= 11 is 0. The average Bonchev–Trinajstić information content (AvgIpc) is 2.35. The van der Waals surface area contributed by atoms with E-state index in [2.05, 4.69) is 44.1 Å². The molecule has 3 heteroatoms. The zero-order valence-electron chi connectivity index (χ0n) is 12.2. The molecule has 2 rings (SSSR count). The van der Waals surface area contributed by atoms with Gasteiger partial charge in [0.15, 0.2) is 0 Å². The van der Waals surface area contributed by atoms with Crippen molar-refractivity contribution >= 4 is 22.3 Å². The predicted molar refractivity (Wildman–Crippen MR) is 83.3 cm³/mol. The Morgan fingerprint density at radius 1 is 1.26 bits per heavy atom. The Balaban J connectivity index is 2.25. The Morgan fingerprint density at radius 2 is 2.00 bits per heavy atom. The van der Waals surface area contributed by atoms with Crippen LogP contribution in [0.25, 0.3) is 10.9 Å².